The Morgan fingerprint density at radius 3 is 2.62 bits per heavy atom. The van der Waals surface area contributed by atoms with Gasteiger partial charge in [-0.25, -0.2) is 23.5 Å². The molecule has 1 aromatic carbocycles. The van der Waals surface area contributed by atoms with Gasteiger partial charge in [-0.15, -0.1) is 0 Å². The monoisotopic (exact) mass is 412 g/mol. The minimum Gasteiger partial charge on any atom is -0.424 e. The van der Waals surface area contributed by atoms with Gasteiger partial charge in [0.1, 0.15) is 11.0 Å². The van der Waals surface area contributed by atoms with Gasteiger partial charge in [0.05, 0.1) is 4.47 Å². The average Bonchev–Trinajstić information content (AvgIpc) is 2.92. The summed E-state index contributed by atoms with van der Waals surface area (Å²) in [5.74, 6) is 0.132. The first-order chi connectivity index (χ1) is 11.3. The molecule has 1 aliphatic heterocycles. The molecule has 0 saturated carbocycles. The number of rotatable bonds is 4. The highest BCUT2D eigenvalue weighted by Crippen LogP contribution is 2.28. The number of sulfonamides is 1. The number of ether oxygens (including phenoxy) is 1. The average molecular weight is 413 g/mol. The molecule has 2 aromatic rings. The predicted molar refractivity (Wildman–Crippen MR) is 90.1 cm³/mol. The summed E-state index contributed by atoms with van der Waals surface area (Å²) in [5.41, 5.74) is 0.528. The van der Waals surface area contributed by atoms with Crippen molar-refractivity contribution in [2.45, 2.75) is 11.7 Å². The van der Waals surface area contributed by atoms with Crippen molar-refractivity contribution in [3.05, 3.63) is 41.1 Å². The summed E-state index contributed by atoms with van der Waals surface area (Å²) in [6.45, 7) is 0.0237. The number of anilines is 1. The van der Waals surface area contributed by atoms with Crippen LogP contribution in [0.3, 0.4) is 0 Å². The highest BCUT2D eigenvalue weighted by atomic mass is 79.9. The van der Waals surface area contributed by atoms with E-state index in [4.69, 9.17) is 9.88 Å². The normalized spacial score (nSPS) is 18.0. The van der Waals surface area contributed by atoms with E-state index in [2.05, 4.69) is 25.9 Å². The number of aromatic nitrogens is 2. The molecule has 10 heteroatoms. The minimum atomic E-state index is -3.76. The number of nitrogens with two attached hydrogens (primary N) is 1. The SMILES string of the molecule is NS(=O)(=O)C1CC(=O)N(c2cccc(Oc3ncc(Br)cn3)c2)C1. The van der Waals surface area contributed by atoms with Gasteiger partial charge in [-0.05, 0) is 28.1 Å². The van der Waals surface area contributed by atoms with Crippen LogP contribution in [-0.4, -0.2) is 36.1 Å². The summed E-state index contributed by atoms with van der Waals surface area (Å²) < 4.78 is 29.2. The Kier molecular flexibility index (Phi) is 4.52. The second kappa shape index (κ2) is 6.46. The van der Waals surface area contributed by atoms with E-state index < -0.39 is 15.3 Å². The molecule has 2 N–H and O–H groups in total. The molecule has 8 nitrogen and oxygen atoms in total. The van der Waals surface area contributed by atoms with E-state index in [0.29, 0.717) is 11.4 Å². The first-order valence-corrected chi connectivity index (χ1v) is 9.30. The molecular weight excluding hydrogens is 400 g/mol. The number of carbonyl (C=O) groups is 1. The molecule has 24 heavy (non-hydrogen) atoms. The van der Waals surface area contributed by atoms with Crippen LogP contribution in [0, 0.1) is 0 Å². The summed E-state index contributed by atoms with van der Waals surface area (Å²) in [6, 6.07) is 6.85. The lowest BCUT2D eigenvalue weighted by atomic mass is 10.3. The zero-order valence-electron chi connectivity index (χ0n) is 12.3. The highest BCUT2D eigenvalue weighted by molar-refractivity contribution is 9.10. The molecule has 0 spiro atoms. The van der Waals surface area contributed by atoms with Crippen LogP contribution >= 0.6 is 15.9 Å². The topological polar surface area (TPSA) is 115 Å². The first kappa shape index (κ1) is 16.8. The van der Waals surface area contributed by atoms with E-state index in [-0.39, 0.29) is 24.9 Å². The number of amides is 1. The molecule has 1 saturated heterocycles. The quantitative estimate of drug-likeness (QED) is 0.811. The second-order valence-electron chi connectivity index (χ2n) is 5.20. The molecule has 126 valence electrons. The number of hydrogen-bond acceptors (Lipinski definition) is 6. The van der Waals surface area contributed by atoms with E-state index in [1.807, 2.05) is 0 Å². The van der Waals surface area contributed by atoms with Crippen LogP contribution in [0.4, 0.5) is 5.69 Å². The van der Waals surface area contributed by atoms with Crippen LogP contribution in [0.25, 0.3) is 0 Å². The Labute approximate surface area is 146 Å². The maximum absolute atomic E-state index is 12.1. The number of nitrogens with zero attached hydrogens (tertiary/aromatic N) is 3. The zero-order valence-corrected chi connectivity index (χ0v) is 14.7. The molecule has 1 unspecified atom stereocenters. The van der Waals surface area contributed by atoms with Gasteiger partial charge in [-0.2, -0.15) is 0 Å². The van der Waals surface area contributed by atoms with Crippen molar-refractivity contribution in [1.29, 1.82) is 0 Å². The van der Waals surface area contributed by atoms with Crippen LogP contribution in [0.1, 0.15) is 6.42 Å². The number of halogens is 1. The Morgan fingerprint density at radius 2 is 2.00 bits per heavy atom. The van der Waals surface area contributed by atoms with E-state index in [1.165, 1.54) is 4.90 Å². The van der Waals surface area contributed by atoms with E-state index >= 15 is 0 Å². The van der Waals surface area contributed by atoms with Crippen LogP contribution in [0.15, 0.2) is 41.1 Å². The zero-order chi connectivity index (χ0) is 17.3. The number of primary sulfonamides is 1. The van der Waals surface area contributed by atoms with Crippen molar-refractivity contribution < 1.29 is 17.9 Å². The molecule has 0 aliphatic carbocycles. The fourth-order valence-corrected chi connectivity index (χ4v) is 3.25. The Morgan fingerprint density at radius 1 is 1.29 bits per heavy atom. The molecule has 0 bridgehead atoms. The smallest absolute Gasteiger partial charge is 0.321 e. The third-order valence-electron chi connectivity index (χ3n) is 3.49. The molecule has 3 rings (SSSR count). The van der Waals surface area contributed by atoms with Crippen molar-refractivity contribution in [2.24, 2.45) is 5.14 Å². The second-order valence-corrected chi connectivity index (χ2v) is 7.96. The fourth-order valence-electron chi connectivity index (χ4n) is 2.32. The number of carbonyl (C=O) groups excluding carboxylic acids is 1. The van der Waals surface area contributed by atoms with Gasteiger partial charge < -0.3 is 9.64 Å². The van der Waals surface area contributed by atoms with Crippen LogP contribution in [-0.2, 0) is 14.8 Å². The molecule has 2 heterocycles. The largest absolute Gasteiger partial charge is 0.424 e. The summed E-state index contributed by atoms with van der Waals surface area (Å²) in [6.07, 6.45) is 2.97. The molecule has 0 radical (unpaired) electrons. The molecule has 1 amide bonds. The van der Waals surface area contributed by atoms with E-state index in [0.717, 1.165) is 4.47 Å². The lowest BCUT2D eigenvalue weighted by Gasteiger charge is -2.17. The first-order valence-electron chi connectivity index (χ1n) is 6.90. The summed E-state index contributed by atoms with van der Waals surface area (Å²) in [4.78, 5) is 21.5. The van der Waals surface area contributed by atoms with Gasteiger partial charge >= 0.3 is 6.01 Å². The van der Waals surface area contributed by atoms with Gasteiger partial charge in [-0.1, -0.05) is 6.07 Å². The van der Waals surface area contributed by atoms with Crippen molar-refractivity contribution in [3.63, 3.8) is 0 Å². The van der Waals surface area contributed by atoms with E-state index in [1.54, 1.807) is 36.7 Å². The van der Waals surface area contributed by atoms with Crippen LogP contribution < -0.4 is 14.8 Å². The van der Waals surface area contributed by atoms with Crippen LogP contribution in [0.2, 0.25) is 0 Å². The third-order valence-corrected chi connectivity index (χ3v) is 5.14. The summed E-state index contributed by atoms with van der Waals surface area (Å²) in [7, 11) is -3.76. The number of hydrogen-bond donors (Lipinski definition) is 1. The van der Waals surface area contributed by atoms with Crippen molar-refractivity contribution in [3.8, 4) is 11.8 Å². The Balaban J connectivity index is 1.80. The number of benzene rings is 1. The lowest BCUT2D eigenvalue weighted by molar-refractivity contribution is -0.117. The maximum Gasteiger partial charge on any atom is 0.321 e. The fraction of sp³-hybridized carbons (Fsp3) is 0.214. The molecule has 1 atom stereocenters. The van der Waals surface area contributed by atoms with Crippen LogP contribution in [0.5, 0.6) is 11.8 Å². The van der Waals surface area contributed by atoms with Crippen molar-refractivity contribution in [1.82, 2.24) is 9.97 Å². The van der Waals surface area contributed by atoms with Crippen molar-refractivity contribution in [2.75, 3.05) is 11.4 Å². The molecule has 1 fully saturated rings. The maximum atomic E-state index is 12.1. The van der Waals surface area contributed by atoms with Crippen molar-refractivity contribution >= 4 is 37.5 Å². The molecule has 1 aromatic heterocycles. The van der Waals surface area contributed by atoms with Gasteiger partial charge in [0, 0.05) is 37.1 Å². The predicted octanol–water partition coefficient (Wildman–Crippen LogP) is 1.43. The lowest BCUT2D eigenvalue weighted by Crippen LogP contribution is -2.32. The van der Waals surface area contributed by atoms with E-state index in [9.17, 15) is 13.2 Å². The minimum absolute atomic E-state index is 0.0237. The van der Waals surface area contributed by atoms with Gasteiger partial charge in [-0.3, -0.25) is 4.79 Å². The molecular formula is C14H13BrN4O4S. The highest BCUT2D eigenvalue weighted by Gasteiger charge is 2.37. The van der Waals surface area contributed by atoms with Gasteiger partial charge in [0.15, 0.2) is 0 Å². The van der Waals surface area contributed by atoms with Gasteiger partial charge in [0.25, 0.3) is 0 Å². The molecule has 1 aliphatic rings. The van der Waals surface area contributed by atoms with Gasteiger partial charge in [0.2, 0.25) is 15.9 Å². The summed E-state index contributed by atoms with van der Waals surface area (Å²) in [5, 5.41) is 4.24. The standard InChI is InChI=1S/C14H13BrN4O4S/c15-9-6-17-14(18-7-9)23-11-3-1-2-10(4-11)19-8-12(5-13(19)20)24(16,21)22/h1-4,6-7,12H,5,8H2,(H2,16,21,22). The summed E-state index contributed by atoms with van der Waals surface area (Å²) >= 11 is 3.23. The Bertz CT molecular complexity index is 873. The third kappa shape index (κ3) is 3.71. The Hall–Kier alpha value is -2.04.